The summed E-state index contributed by atoms with van der Waals surface area (Å²) in [4.78, 5) is 19.0. The van der Waals surface area contributed by atoms with E-state index in [9.17, 15) is 13.2 Å². The lowest BCUT2D eigenvalue weighted by atomic mass is 10.1. The van der Waals surface area contributed by atoms with Crippen molar-refractivity contribution in [1.29, 1.82) is 0 Å². The van der Waals surface area contributed by atoms with Gasteiger partial charge in [0.15, 0.2) is 10.9 Å². The van der Waals surface area contributed by atoms with Gasteiger partial charge in [0.05, 0.1) is 10.6 Å². The molecule has 8 nitrogen and oxygen atoms in total. The number of piperidine rings is 1. The minimum Gasteiger partial charge on any atom is -0.455 e. The predicted octanol–water partition coefficient (Wildman–Crippen LogP) is 2.89. The molecule has 0 atom stereocenters. The van der Waals surface area contributed by atoms with Crippen molar-refractivity contribution in [3.05, 3.63) is 66.4 Å². The Bertz CT molecular complexity index is 1130. The lowest BCUT2D eigenvalue weighted by Crippen LogP contribution is -2.46. The van der Waals surface area contributed by atoms with Gasteiger partial charge < -0.3 is 13.9 Å². The highest BCUT2D eigenvalue weighted by atomic mass is 32.2. The summed E-state index contributed by atoms with van der Waals surface area (Å²) in [5.41, 5.74) is 0. The molecule has 3 aromatic rings. The van der Waals surface area contributed by atoms with Crippen LogP contribution in [0.15, 0.2) is 69.3 Å². The molecule has 10 heteroatoms. The summed E-state index contributed by atoms with van der Waals surface area (Å²) in [7, 11) is -1.63. The summed E-state index contributed by atoms with van der Waals surface area (Å²) in [6, 6.07) is 11.6. The number of carbonyl (C=O) groups is 1. The van der Waals surface area contributed by atoms with Crippen LogP contribution in [0.4, 0.5) is 0 Å². The third kappa shape index (κ3) is 5.20. The molecule has 3 heterocycles. The molecule has 1 fully saturated rings. The molecule has 2 aromatic heterocycles. The van der Waals surface area contributed by atoms with E-state index >= 15 is 0 Å². The van der Waals surface area contributed by atoms with Crippen LogP contribution in [0.1, 0.15) is 29.2 Å². The van der Waals surface area contributed by atoms with Crippen molar-refractivity contribution in [3.8, 4) is 0 Å². The highest BCUT2D eigenvalue weighted by Crippen LogP contribution is 2.23. The van der Waals surface area contributed by atoms with Crippen molar-refractivity contribution in [2.75, 3.05) is 13.1 Å². The Kier molecular flexibility index (Phi) is 6.49. The summed E-state index contributed by atoms with van der Waals surface area (Å²) in [6.45, 7) is 0.942. The van der Waals surface area contributed by atoms with Gasteiger partial charge in [-0.25, -0.2) is 18.1 Å². The summed E-state index contributed by atoms with van der Waals surface area (Å²) in [6.07, 6.45) is 4.73. The van der Waals surface area contributed by atoms with Crippen molar-refractivity contribution in [2.45, 2.75) is 34.7 Å². The number of rotatable bonds is 7. The van der Waals surface area contributed by atoms with E-state index in [0.29, 0.717) is 43.2 Å². The number of nitrogens with one attached hydrogen (secondary N) is 1. The van der Waals surface area contributed by atoms with Crippen molar-refractivity contribution in [1.82, 2.24) is 19.2 Å². The van der Waals surface area contributed by atoms with Crippen LogP contribution in [0.5, 0.6) is 0 Å². The minimum absolute atomic E-state index is 0.169. The molecule has 0 unspecified atom stereocenters. The fourth-order valence-electron chi connectivity index (χ4n) is 3.44. The van der Waals surface area contributed by atoms with E-state index in [1.807, 2.05) is 23.9 Å². The highest BCUT2D eigenvalue weighted by Gasteiger charge is 2.28. The van der Waals surface area contributed by atoms with Gasteiger partial charge in [-0.3, -0.25) is 4.79 Å². The van der Waals surface area contributed by atoms with E-state index in [1.54, 1.807) is 47.5 Å². The van der Waals surface area contributed by atoms with Crippen LogP contribution in [0.2, 0.25) is 0 Å². The maximum atomic E-state index is 12.8. The second-order valence-electron chi connectivity index (χ2n) is 7.38. The molecule has 0 spiro atoms. The number of nitrogens with zero attached hydrogens (tertiary/aromatic N) is 3. The van der Waals surface area contributed by atoms with Crippen molar-refractivity contribution >= 4 is 27.7 Å². The number of hydrogen-bond acceptors (Lipinski definition) is 6. The smallest absolute Gasteiger partial charge is 0.289 e. The second kappa shape index (κ2) is 9.29. The van der Waals surface area contributed by atoms with Crippen LogP contribution in [0.3, 0.4) is 0 Å². The number of aromatic nitrogens is 2. The Morgan fingerprint density at radius 3 is 2.61 bits per heavy atom. The zero-order chi connectivity index (χ0) is 21.8. The normalized spacial score (nSPS) is 15.3. The molecule has 1 aliphatic heterocycles. The van der Waals surface area contributed by atoms with Crippen LogP contribution >= 0.6 is 11.8 Å². The minimum atomic E-state index is -3.56. The van der Waals surface area contributed by atoms with E-state index in [0.717, 1.165) is 5.16 Å². The number of likely N-dealkylation sites (tertiary alicyclic amines) is 1. The first-order valence-corrected chi connectivity index (χ1v) is 12.4. The number of aryl methyl sites for hydroxylation is 1. The number of furan rings is 1. The van der Waals surface area contributed by atoms with Gasteiger partial charge in [0.25, 0.3) is 5.91 Å². The van der Waals surface area contributed by atoms with Crippen LogP contribution in [0.25, 0.3) is 0 Å². The lowest BCUT2D eigenvalue weighted by Gasteiger charge is -2.31. The standard InChI is InChI=1S/C21H24N4O4S2/c1-24-14-11-22-21(24)30-15-17-7-8-19(29-17)20(26)25-12-9-16(10-13-25)23-31(27,28)18-5-3-2-4-6-18/h2-8,11,14,16,23H,9-10,12-13,15H2,1H3. The van der Waals surface area contributed by atoms with Crippen LogP contribution in [-0.4, -0.2) is 47.9 Å². The van der Waals surface area contributed by atoms with Gasteiger partial charge in [-0.05, 0) is 37.1 Å². The first kappa shape index (κ1) is 21.7. The first-order valence-electron chi connectivity index (χ1n) is 9.98. The van der Waals surface area contributed by atoms with E-state index in [4.69, 9.17) is 4.42 Å². The number of benzene rings is 1. The van der Waals surface area contributed by atoms with Crippen LogP contribution < -0.4 is 4.72 Å². The molecule has 1 saturated heterocycles. The van der Waals surface area contributed by atoms with Crippen molar-refractivity contribution in [2.24, 2.45) is 7.05 Å². The Balaban J connectivity index is 1.29. The molecule has 4 rings (SSSR count). The number of imidazole rings is 1. The molecule has 1 aromatic carbocycles. The third-order valence-corrected chi connectivity index (χ3v) is 7.77. The van der Waals surface area contributed by atoms with Crippen molar-refractivity contribution in [3.63, 3.8) is 0 Å². The zero-order valence-corrected chi connectivity index (χ0v) is 18.7. The summed E-state index contributed by atoms with van der Waals surface area (Å²) >= 11 is 1.54. The summed E-state index contributed by atoms with van der Waals surface area (Å²) < 4.78 is 35.4. The molecular weight excluding hydrogens is 436 g/mol. The van der Waals surface area contributed by atoms with Gasteiger partial charge in [-0.1, -0.05) is 30.0 Å². The molecule has 1 aliphatic rings. The second-order valence-corrected chi connectivity index (χ2v) is 10.0. The third-order valence-electron chi connectivity index (χ3n) is 5.15. The SMILES string of the molecule is Cn1ccnc1SCc1ccc(C(=O)N2CCC(NS(=O)(=O)c3ccccc3)CC2)o1. The summed E-state index contributed by atoms with van der Waals surface area (Å²) in [5, 5.41) is 0.879. The molecule has 0 saturated carbocycles. The molecule has 0 bridgehead atoms. The molecule has 0 aliphatic carbocycles. The zero-order valence-electron chi connectivity index (χ0n) is 17.1. The number of thioether (sulfide) groups is 1. The average molecular weight is 461 g/mol. The quantitative estimate of drug-likeness (QED) is 0.545. The van der Waals surface area contributed by atoms with Crippen LogP contribution in [0, 0.1) is 0 Å². The Labute approximate surface area is 185 Å². The highest BCUT2D eigenvalue weighted by molar-refractivity contribution is 7.98. The fraction of sp³-hybridized carbons (Fsp3) is 0.333. The first-order chi connectivity index (χ1) is 14.9. The Morgan fingerprint density at radius 1 is 1.19 bits per heavy atom. The molecule has 1 amide bonds. The molecule has 0 radical (unpaired) electrons. The monoisotopic (exact) mass is 460 g/mol. The topological polar surface area (TPSA) is 97.4 Å². The molecular formula is C21H24N4O4S2. The lowest BCUT2D eigenvalue weighted by molar-refractivity contribution is 0.0677. The maximum absolute atomic E-state index is 12.8. The molecule has 31 heavy (non-hydrogen) atoms. The number of carbonyl (C=O) groups excluding carboxylic acids is 1. The molecule has 1 N–H and O–H groups in total. The number of sulfonamides is 1. The Hall–Kier alpha value is -2.56. The number of amides is 1. The van der Waals surface area contributed by atoms with E-state index in [-0.39, 0.29) is 16.8 Å². The largest absolute Gasteiger partial charge is 0.455 e. The van der Waals surface area contributed by atoms with E-state index in [1.165, 1.54) is 11.8 Å². The predicted molar refractivity (Wildman–Crippen MR) is 117 cm³/mol. The molecule has 164 valence electrons. The average Bonchev–Trinajstić information content (AvgIpc) is 3.41. The number of hydrogen-bond donors (Lipinski definition) is 1. The van der Waals surface area contributed by atoms with Gasteiger partial charge in [-0.2, -0.15) is 0 Å². The maximum Gasteiger partial charge on any atom is 0.289 e. The van der Waals surface area contributed by atoms with E-state index < -0.39 is 10.0 Å². The van der Waals surface area contributed by atoms with Gasteiger partial charge in [-0.15, -0.1) is 0 Å². The fourth-order valence-corrected chi connectivity index (χ4v) is 5.59. The van der Waals surface area contributed by atoms with Crippen molar-refractivity contribution < 1.29 is 17.6 Å². The van der Waals surface area contributed by atoms with E-state index in [2.05, 4.69) is 9.71 Å². The van der Waals surface area contributed by atoms with Gasteiger partial charge in [0.1, 0.15) is 5.76 Å². The van der Waals surface area contributed by atoms with Gasteiger partial charge >= 0.3 is 0 Å². The van der Waals surface area contributed by atoms with Gasteiger partial charge in [0, 0.05) is 38.6 Å². The van der Waals surface area contributed by atoms with Gasteiger partial charge in [0.2, 0.25) is 10.0 Å². The Morgan fingerprint density at radius 2 is 1.94 bits per heavy atom. The summed E-state index contributed by atoms with van der Waals surface area (Å²) in [5.74, 6) is 1.43. The van der Waals surface area contributed by atoms with Crippen LogP contribution in [-0.2, 0) is 22.8 Å².